The van der Waals surface area contributed by atoms with E-state index in [9.17, 15) is 14.0 Å². The van der Waals surface area contributed by atoms with Gasteiger partial charge in [0, 0.05) is 24.9 Å². The van der Waals surface area contributed by atoms with Gasteiger partial charge in [-0.2, -0.15) is 0 Å². The molecule has 1 aromatic heterocycles. The molecule has 8 heteroatoms. The molecule has 4 rings (SSSR count). The second-order valence-corrected chi connectivity index (χ2v) is 9.48. The Kier molecular flexibility index (Phi) is 8.15. The number of primary amides is 1. The number of nitrogens with one attached hydrogen (secondary N) is 1. The molecule has 2 heterocycles. The summed E-state index contributed by atoms with van der Waals surface area (Å²) in [5.41, 5.74) is 7.77. The number of ether oxygens (including phenoxy) is 1. The second kappa shape index (κ2) is 11.5. The van der Waals surface area contributed by atoms with Crippen LogP contribution in [0.3, 0.4) is 0 Å². The van der Waals surface area contributed by atoms with E-state index in [1.54, 1.807) is 23.2 Å². The Morgan fingerprint density at radius 1 is 1.11 bits per heavy atom. The fraction of sp³-hybridized carbons (Fsp3) is 0.393. The first-order valence-electron chi connectivity index (χ1n) is 12.4. The molecule has 1 saturated heterocycles. The first-order valence-corrected chi connectivity index (χ1v) is 12.4. The fourth-order valence-corrected chi connectivity index (χ4v) is 4.82. The topological polar surface area (TPSA) is 101 Å². The highest BCUT2D eigenvalue weighted by Crippen LogP contribution is 2.38. The van der Waals surface area contributed by atoms with Crippen molar-refractivity contribution in [2.24, 2.45) is 17.6 Å². The quantitative estimate of drug-likeness (QED) is 0.377. The molecule has 2 aromatic carbocycles. The van der Waals surface area contributed by atoms with Crippen LogP contribution in [0.2, 0.25) is 0 Å². The number of hydrogen-bond acceptors (Lipinski definition) is 4. The normalized spacial score (nSPS) is 16.2. The number of rotatable bonds is 12. The van der Waals surface area contributed by atoms with Crippen LogP contribution in [0, 0.1) is 17.7 Å². The zero-order chi connectivity index (χ0) is 25.5. The van der Waals surface area contributed by atoms with Gasteiger partial charge < -0.3 is 20.4 Å². The third-order valence-corrected chi connectivity index (χ3v) is 6.91. The molecule has 3 N–H and O–H groups in total. The number of nitrogens with zero attached hydrogens (tertiary/aromatic N) is 2. The average molecular weight is 493 g/mol. The van der Waals surface area contributed by atoms with Crippen molar-refractivity contribution >= 4 is 11.8 Å². The number of unbranched alkanes of at least 4 members (excludes halogenated alkanes) is 1. The molecule has 2 amide bonds. The van der Waals surface area contributed by atoms with Crippen molar-refractivity contribution in [3.8, 4) is 0 Å². The highest BCUT2D eigenvalue weighted by Gasteiger charge is 2.50. The predicted octanol–water partition coefficient (Wildman–Crippen LogP) is 3.61. The van der Waals surface area contributed by atoms with Gasteiger partial charge in [-0.15, -0.1) is 0 Å². The highest BCUT2D eigenvalue weighted by atomic mass is 19.1. The molecule has 36 heavy (non-hydrogen) atoms. The number of aromatic amines is 1. The Labute approximate surface area is 210 Å². The van der Waals surface area contributed by atoms with E-state index in [0.717, 1.165) is 29.7 Å². The lowest BCUT2D eigenvalue weighted by molar-refractivity contribution is -0.178. The van der Waals surface area contributed by atoms with Crippen molar-refractivity contribution in [2.75, 3.05) is 19.7 Å². The minimum atomic E-state index is -0.754. The first-order chi connectivity index (χ1) is 17.4. The van der Waals surface area contributed by atoms with Crippen LogP contribution in [0.1, 0.15) is 36.6 Å². The van der Waals surface area contributed by atoms with Crippen LogP contribution in [-0.2, 0) is 32.8 Å². The van der Waals surface area contributed by atoms with Gasteiger partial charge >= 0.3 is 0 Å². The molecule has 190 valence electrons. The van der Waals surface area contributed by atoms with Gasteiger partial charge in [0.1, 0.15) is 11.4 Å². The molecule has 7 nitrogen and oxygen atoms in total. The number of amides is 2. The Morgan fingerprint density at radius 2 is 1.83 bits per heavy atom. The number of likely N-dealkylation sites (tertiary alicyclic amines) is 1. The van der Waals surface area contributed by atoms with Crippen molar-refractivity contribution < 1.29 is 18.7 Å². The van der Waals surface area contributed by atoms with Crippen LogP contribution in [-0.4, -0.2) is 46.4 Å². The van der Waals surface area contributed by atoms with Gasteiger partial charge in [-0.05, 0) is 36.1 Å². The van der Waals surface area contributed by atoms with Gasteiger partial charge in [0.2, 0.25) is 11.8 Å². The van der Waals surface area contributed by atoms with Crippen LogP contribution in [0.4, 0.5) is 4.39 Å². The van der Waals surface area contributed by atoms with E-state index in [0.29, 0.717) is 19.7 Å². The Balaban J connectivity index is 1.58. The molecule has 1 aliphatic rings. The van der Waals surface area contributed by atoms with E-state index in [2.05, 4.69) is 16.9 Å². The third kappa shape index (κ3) is 5.82. The van der Waals surface area contributed by atoms with Gasteiger partial charge in [-0.25, -0.2) is 9.37 Å². The van der Waals surface area contributed by atoms with Crippen LogP contribution in [0.15, 0.2) is 67.1 Å². The van der Waals surface area contributed by atoms with Crippen molar-refractivity contribution in [1.82, 2.24) is 14.9 Å². The number of H-pyrrole nitrogens is 1. The lowest BCUT2D eigenvalue weighted by Crippen LogP contribution is -2.64. The van der Waals surface area contributed by atoms with E-state index in [4.69, 9.17) is 10.5 Å². The summed E-state index contributed by atoms with van der Waals surface area (Å²) in [5.74, 6) is -2.53. The van der Waals surface area contributed by atoms with Gasteiger partial charge in [-0.3, -0.25) is 9.59 Å². The molecule has 1 fully saturated rings. The first kappa shape index (κ1) is 25.6. The molecule has 3 aromatic rings. The largest absolute Gasteiger partial charge is 0.369 e. The fourth-order valence-electron chi connectivity index (χ4n) is 4.82. The number of benzene rings is 2. The monoisotopic (exact) mass is 492 g/mol. The maximum atomic E-state index is 13.9. The van der Waals surface area contributed by atoms with Gasteiger partial charge in [0.25, 0.3) is 0 Å². The number of halogens is 1. The summed E-state index contributed by atoms with van der Waals surface area (Å²) in [6, 6.07) is 15.9. The maximum Gasteiger partial charge on any atom is 0.227 e. The predicted molar refractivity (Wildman–Crippen MR) is 134 cm³/mol. The summed E-state index contributed by atoms with van der Waals surface area (Å²) in [7, 11) is 0. The SMILES string of the molecule is CCCCOC1(c2ccccc2)CN(C(=O)[C@H](Cc2ccc(F)cc2)C(Cc2cnc[nH]2)C(N)=O)C1. The second-order valence-electron chi connectivity index (χ2n) is 9.48. The number of nitrogens with two attached hydrogens (primary N) is 1. The molecule has 0 saturated carbocycles. The molecule has 0 bridgehead atoms. The zero-order valence-corrected chi connectivity index (χ0v) is 20.5. The average Bonchev–Trinajstić information content (AvgIpc) is 3.37. The lowest BCUT2D eigenvalue weighted by atomic mass is 9.79. The number of imidazole rings is 1. The number of hydrogen-bond donors (Lipinski definition) is 2. The standard InChI is InChI=1S/C28H33FN4O3/c1-2-3-13-36-28(21-7-5-4-6-8-21)17-33(18-28)27(35)25(14-20-9-11-22(29)12-10-20)24(26(30)34)15-23-16-31-19-32-23/h4-12,16,19,24-25H,2-3,13-15,17-18H2,1H3,(H2,30,34)(H,31,32)/t24?,25-/m1/s1. The molecule has 1 unspecified atom stereocenters. The highest BCUT2D eigenvalue weighted by molar-refractivity contribution is 5.88. The van der Waals surface area contributed by atoms with Gasteiger partial charge in [0.15, 0.2) is 0 Å². The van der Waals surface area contributed by atoms with Crippen LogP contribution in [0.5, 0.6) is 0 Å². The zero-order valence-electron chi connectivity index (χ0n) is 20.5. The molecule has 1 aliphatic heterocycles. The molecule has 2 atom stereocenters. The Hall–Kier alpha value is -3.52. The minimum Gasteiger partial charge on any atom is -0.369 e. The summed E-state index contributed by atoms with van der Waals surface area (Å²) in [6.07, 6.45) is 5.64. The van der Waals surface area contributed by atoms with Crippen LogP contribution in [0.25, 0.3) is 0 Å². The van der Waals surface area contributed by atoms with E-state index >= 15 is 0 Å². The lowest BCUT2D eigenvalue weighted by Gasteiger charge is -2.51. The number of aromatic nitrogens is 2. The summed E-state index contributed by atoms with van der Waals surface area (Å²) >= 11 is 0. The molecular weight excluding hydrogens is 459 g/mol. The molecule has 0 aliphatic carbocycles. The molecule has 0 spiro atoms. The van der Waals surface area contributed by atoms with Gasteiger partial charge in [0.05, 0.1) is 31.3 Å². The Morgan fingerprint density at radius 3 is 2.44 bits per heavy atom. The van der Waals surface area contributed by atoms with E-state index < -0.39 is 23.3 Å². The van der Waals surface area contributed by atoms with E-state index in [-0.39, 0.29) is 24.6 Å². The summed E-state index contributed by atoms with van der Waals surface area (Å²) in [5, 5.41) is 0. The van der Waals surface area contributed by atoms with Gasteiger partial charge in [-0.1, -0.05) is 55.8 Å². The van der Waals surface area contributed by atoms with Crippen molar-refractivity contribution in [3.05, 3.63) is 89.8 Å². The smallest absolute Gasteiger partial charge is 0.227 e. The number of carbonyl (C=O) groups excluding carboxylic acids is 2. The van der Waals surface area contributed by atoms with E-state index in [1.165, 1.54) is 18.5 Å². The third-order valence-electron chi connectivity index (χ3n) is 6.91. The summed E-state index contributed by atoms with van der Waals surface area (Å²) < 4.78 is 19.8. The Bertz CT molecular complexity index is 1130. The molecule has 0 radical (unpaired) electrons. The van der Waals surface area contributed by atoms with Crippen LogP contribution < -0.4 is 5.73 Å². The van der Waals surface area contributed by atoms with Crippen LogP contribution >= 0.6 is 0 Å². The summed E-state index contributed by atoms with van der Waals surface area (Å²) in [4.78, 5) is 35.2. The maximum absolute atomic E-state index is 13.9. The summed E-state index contributed by atoms with van der Waals surface area (Å²) in [6.45, 7) is 3.51. The van der Waals surface area contributed by atoms with Crippen molar-refractivity contribution in [2.45, 2.75) is 38.2 Å². The van der Waals surface area contributed by atoms with Crippen molar-refractivity contribution in [1.29, 1.82) is 0 Å². The van der Waals surface area contributed by atoms with E-state index in [1.807, 2.05) is 30.3 Å². The number of carbonyl (C=O) groups is 2. The minimum absolute atomic E-state index is 0.159. The van der Waals surface area contributed by atoms with Crippen molar-refractivity contribution in [3.63, 3.8) is 0 Å². The molecular formula is C28H33FN4O3.